The fraction of sp³-hybridized carbons (Fsp3) is 0.952. The highest BCUT2D eigenvalue weighted by molar-refractivity contribution is 5.87. The molecule has 0 aromatic heterocycles. The molecule has 0 saturated heterocycles. The van der Waals surface area contributed by atoms with Crippen LogP contribution in [0.15, 0.2) is 0 Å². The maximum atomic E-state index is 12.3. The minimum atomic E-state index is -1.58. The summed E-state index contributed by atoms with van der Waals surface area (Å²) in [7, 11) is 0. The highest BCUT2D eigenvalue weighted by Gasteiger charge is 2.69. The molecule has 142 valence electrons. The summed E-state index contributed by atoms with van der Waals surface area (Å²) in [4.78, 5) is 12.3. The van der Waals surface area contributed by atoms with Gasteiger partial charge in [-0.2, -0.15) is 0 Å². The van der Waals surface area contributed by atoms with Crippen molar-refractivity contribution in [1.82, 2.24) is 0 Å². The lowest BCUT2D eigenvalue weighted by molar-refractivity contribution is -0.181. The van der Waals surface area contributed by atoms with Gasteiger partial charge in [-0.25, -0.2) is 0 Å². The summed E-state index contributed by atoms with van der Waals surface area (Å²) >= 11 is 0. The van der Waals surface area contributed by atoms with E-state index >= 15 is 0 Å². The lowest BCUT2D eigenvalue weighted by atomic mass is 9.44. The Hall–Kier alpha value is -0.450. The molecule has 0 aromatic rings. The van der Waals surface area contributed by atoms with Crippen molar-refractivity contribution in [2.24, 2.45) is 34.5 Å². The van der Waals surface area contributed by atoms with Gasteiger partial charge in [-0.1, -0.05) is 13.8 Å². The van der Waals surface area contributed by atoms with Crippen LogP contribution in [0, 0.1) is 34.5 Å². The molecule has 9 atom stereocenters. The van der Waals surface area contributed by atoms with E-state index in [2.05, 4.69) is 6.92 Å². The highest BCUT2D eigenvalue weighted by Crippen LogP contribution is 2.68. The lowest BCUT2D eigenvalue weighted by Crippen LogP contribution is -2.60. The molecule has 4 aliphatic rings. The van der Waals surface area contributed by atoms with E-state index in [0.717, 1.165) is 44.9 Å². The molecule has 4 rings (SSSR count). The first-order valence-electron chi connectivity index (χ1n) is 10.2. The normalized spacial score (nSPS) is 58.2. The Morgan fingerprint density at radius 1 is 0.960 bits per heavy atom. The van der Waals surface area contributed by atoms with Crippen LogP contribution in [0.25, 0.3) is 0 Å². The molecule has 4 heteroatoms. The van der Waals surface area contributed by atoms with Crippen molar-refractivity contribution in [2.45, 2.75) is 89.9 Å². The summed E-state index contributed by atoms with van der Waals surface area (Å²) in [6.07, 6.45) is 6.49. The fourth-order valence-corrected chi connectivity index (χ4v) is 7.89. The summed E-state index contributed by atoms with van der Waals surface area (Å²) in [5.74, 6) is 1.63. The molecule has 0 amide bonds. The molecule has 4 nitrogen and oxygen atoms in total. The predicted octanol–water partition coefficient (Wildman–Crippen LogP) is 2.68. The van der Waals surface area contributed by atoms with Crippen molar-refractivity contribution in [1.29, 1.82) is 0 Å². The number of hydrogen-bond acceptors (Lipinski definition) is 4. The molecule has 0 unspecified atom stereocenters. The largest absolute Gasteiger partial charge is 0.393 e. The number of carbonyl (C=O) groups excluding carboxylic acids is 1. The minimum Gasteiger partial charge on any atom is -0.393 e. The number of carbonyl (C=O) groups is 1. The summed E-state index contributed by atoms with van der Waals surface area (Å²) in [5.41, 5.74) is -1.81. The van der Waals surface area contributed by atoms with Crippen LogP contribution in [-0.4, -0.2) is 38.9 Å². The van der Waals surface area contributed by atoms with Crippen molar-refractivity contribution in [3.8, 4) is 0 Å². The second-order valence-electron chi connectivity index (χ2n) is 10.1. The van der Waals surface area contributed by atoms with E-state index in [0.29, 0.717) is 24.2 Å². The van der Waals surface area contributed by atoms with E-state index < -0.39 is 17.1 Å². The van der Waals surface area contributed by atoms with E-state index in [-0.39, 0.29) is 23.2 Å². The Balaban J connectivity index is 1.67. The number of aliphatic hydroxyl groups excluding tert-OH is 2. The van der Waals surface area contributed by atoms with Gasteiger partial charge in [0.15, 0.2) is 11.4 Å². The molecular formula is C21H34O4. The Bertz CT molecular complexity index is 576. The molecule has 0 radical (unpaired) electrons. The Kier molecular flexibility index (Phi) is 3.97. The Labute approximate surface area is 151 Å². The Morgan fingerprint density at radius 3 is 2.36 bits per heavy atom. The first kappa shape index (κ1) is 17.9. The maximum absolute atomic E-state index is 12.3. The van der Waals surface area contributed by atoms with Gasteiger partial charge >= 0.3 is 0 Å². The average molecular weight is 350 g/mol. The molecule has 3 N–H and O–H groups in total. The minimum absolute atomic E-state index is 0.139. The lowest BCUT2D eigenvalue weighted by Gasteiger charge is -2.61. The molecule has 0 bridgehead atoms. The van der Waals surface area contributed by atoms with Gasteiger partial charge in [0.05, 0.1) is 12.2 Å². The van der Waals surface area contributed by atoms with Gasteiger partial charge in [-0.05, 0) is 87.4 Å². The third-order valence-electron chi connectivity index (χ3n) is 9.39. The zero-order chi connectivity index (χ0) is 18.2. The summed E-state index contributed by atoms with van der Waals surface area (Å²) in [6, 6.07) is 0. The molecule has 4 fully saturated rings. The van der Waals surface area contributed by atoms with Crippen LogP contribution >= 0.6 is 0 Å². The van der Waals surface area contributed by atoms with Crippen LogP contribution in [0.3, 0.4) is 0 Å². The second-order valence-corrected chi connectivity index (χ2v) is 10.1. The molecule has 4 aliphatic carbocycles. The van der Waals surface area contributed by atoms with Crippen LogP contribution in [0.5, 0.6) is 0 Å². The number of fused-ring (bicyclic) bond motifs is 5. The number of aliphatic hydroxyl groups is 3. The summed E-state index contributed by atoms with van der Waals surface area (Å²) in [5, 5.41) is 31.9. The van der Waals surface area contributed by atoms with E-state index in [4.69, 9.17) is 0 Å². The summed E-state index contributed by atoms with van der Waals surface area (Å²) in [6.45, 7) is 5.90. The van der Waals surface area contributed by atoms with E-state index in [1.165, 1.54) is 6.92 Å². The third-order valence-corrected chi connectivity index (χ3v) is 9.39. The molecule has 4 saturated carbocycles. The van der Waals surface area contributed by atoms with Crippen molar-refractivity contribution in [2.75, 3.05) is 0 Å². The van der Waals surface area contributed by atoms with Crippen LogP contribution < -0.4 is 0 Å². The van der Waals surface area contributed by atoms with Gasteiger partial charge in [0.1, 0.15) is 0 Å². The predicted molar refractivity (Wildman–Crippen MR) is 94.8 cm³/mol. The molecule has 0 spiro atoms. The molecule has 0 aromatic carbocycles. The van der Waals surface area contributed by atoms with Gasteiger partial charge in [-0.3, -0.25) is 4.79 Å². The van der Waals surface area contributed by atoms with Crippen LogP contribution in [0.4, 0.5) is 0 Å². The van der Waals surface area contributed by atoms with Gasteiger partial charge in [0, 0.05) is 5.41 Å². The fourth-order valence-electron chi connectivity index (χ4n) is 7.89. The SMILES string of the molecule is CC(=O)[C@@]1(O)[C@H](O)C[C@@H]2[C@H]3CC[C@H]4C[C@@H](O)CC[C@]4(C)[C@@H]3CC[C@@]21C. The highest BCUT2D eigenvalue weighted by atomic mass is 16.4. The average Bonchev–Trinajstić information content (AvgIpc) is 2.77. The van der Waals surface area contributed by atoms with Crippen molar-refractivity contribution >= 4 is 5.78 Å². The van der Waals surface area contributed by atoms with Crippen molar-refractivity contribution < 1.29 is 20.1 Å². The first-order chi connectivity index (χ1) is 11.6. The smallest absolute Gasteiger partial charge is 0.164 e. The molecule has 0 heterocycles. The van der Waals surface area contributed by atoms with Crippen LogP contribution in [0.2, 0.25) is 0 Å². The standard InChI is InChI=1S/C21H34O4/c1-12(22)21(25)18(24)11-17-15-5-4-13-10-14(23)6-8-19(13,2)16(15)7-9-20(17,21)3/h13-18,23-25H,4-11H2,1-3H3/t13-,14-,15-,16+,17+,18+,19-,20-,21+/m0/s1. The Morgan fingerprint density at radius 2 is 1.68 bits per heavy atom. The number of Topliss-reactive ketones (excluding diaryl/α,β-unsaturated/α-hetero) is 1. The van der Waals surface area contributed by atoms with E-state index in [1.54, 1.807) is 0 Å². The molecular weight excluding hydrogens is 316 g/mol. The number of hydrogen-bond donors (Lipinski definition) is 3. The zero-order valence-electron chi connectivity index (χ0n) is 15.9. The first-order valence-corrected chi connectivity index (χ1v) is 10.2. The van der Waals surface area contributed by atoms with Gasteiger partial charge in [0.25, 0.3) is 0 Å². The van der Waals surface area contributed by atoms with Gasteiger partial charge in [-0.15, -0.1) is 0 Å². The van der Waals surface area contributed by atoms with Crippen molar-refractivity contribution in [3.63, 3.8) is 0 Å². The third kappa shape index (κ3) is 2.14. The van der Waals surface area contributed by atoms with Gasteiger partial charge < -0.3 is 15.3 Å². The zero-order valence-corrected chi connectivity index (χ0v) is 15.9. The second kappa shape index (κ2) is 5.53. The van der Waals surface area contributed by atoms with E-state index in [9.17, 15) is 20.1 Å². The molecule has 0 aliphatic heterocycles. The molecule has 25 heavy (non-hydrogen) atoms. The summed E-state index contributed by atoms with van der Waals surface area (Å²) < 4.78 is 0. The van der Waals surface area contributed by atoms with Crippen LogP contribution in [-0.2, 0) is 4.79 Å². The number of rotatable bonds is 1. The maximum Gasteiger partial charge on any atom is 0.164 e. The number of ketones is 1. The van der Waals surface area contributed by atoms with Gasteiger partial charge in [0.2, 0.25) is 0 Å². The van der Waals surface area contributed by atoms with Crippen LogP contribution in [0.1, 0.15) is 72.1 Å². The topological polar surface area (TPSA) is 77.8 Å². The quantitative estimate of drug-likeness (QED) is 0.679. The van der Waals surface area contributed by atoms with Crippen molar-refractivity contribution in [3.05, 3.63) is 0 Å². The monoisotopic (exact) mass is 350 g/mol. The van der Waals surface area contributed by atoms with E-state index in [1.807, 2.05) is 6.92 Å².